The number of hydrogen-bond acceptors (Lipinski definition) is 6. The SMILES string of the molecule is CCn1cc(NC(=O)c2cc3nccc(-c4cnn(C)c4C)n3n2)c(C(=O)NCC(C)C)n1. The van der Waals surface area contributed by atoms with Crippen molar-refractivity contribution in [2.75, 3.05) is 11.9 Å². The van der Waals surface area contributed by atoms with Crippen molar-refractivity contribution in [1.29, 1.82) is 0 Å². The minimum atomic E-state index is -0.456. The van der Waals surface area contributed by atoms with Crippen LogP contribution in [0, 0.1) is 12.8 Å². The summed E-state index contributed by atoms with van der Waals surface area (Å²) in [6, 6.07) is 3.43. The first-order valence-electron chi connectivity index (χ1n) is 10.8. The van der Waals surface area contributed by atoms with E-state index in [0.717, 1.165) is 17.0 Å². The van der Waals surface area contributed by atoms with Gasteiger partial charge in [-0.2, -0.15) is 15.3 Å². The highest BCUT2D eigenvalue weighted by Gasteiger charge is 2.21. The molecule has 0 radical (unpaired) electrons. The molecule has 0 atom stereocenters. The van der Waals surface area contributed by atoms with Crippen molar-refractivity contribution < 1.29 is 9.59 Å². The second-order valence-corrected chi connectivity index (χ2v) is 8.20. The summed E-state index contributed by atoms with van der Waals surface area (Å²) in [6.45, 7) is 8.96. The molecule has 11 heteroatoms. The van der Waals surface area contributed by atoms with Crippen LogP contribution in [0.25, 0.3) is 16.9 Å². The van der Waals surface area contributed by atoms with Crippen LogP contribution in [0.1, 0.15) is 47.4 Å². The summed E-state index contributed by atoms with van der Waals surface area (Å²) in [5.74, 6) is -0.497. The Labute approximate surface area is 190 Å². The fourth-order valence-corrected chi connectivity index (χ4v) is 3.37. The number of rotatable bonds is 7. The number of amides is 2. The molecule has 0 aromatic carbocycles. The Morgan fingerprint density at radius 3 is 2.64 bits per heavy atom. The fraction of sp³-hybridized carbons (Fsp3) is 0.364. The van der Waals surface area contributed by atoms with Crippen molar-refractivity contribution in [2.24, 2.45) is 13.0 Å². The Morgan fingerprint density at radius 1 is 1.18 bits per heavy atom. The minimum absolute atomic E-state index is 0.166. The van der Waals surface area contributed by atoms with E-state index in [-0.39, 0.29) is 17.3 Å². The number of fused-ring (bicyclic) bond motifs is 1. The summed E-state index contributed by atoms with van der Waals surface area (Å²) in [7, 11) is 1.87. The van der Waals surface area contributed by atoms with Crippen LogP contribution in [-0.4, -0.2) is 52.5 Å². The normalized spacial score (nSPS) is 11.3. The number of aromatic nitrogens is 7. The minimum Gasteiger partial charge on any atom is -0.350 e. The molecule has 0 saturated heterocycles. The molecule has 0 aliphatic carbocycles. The second-order valence-electron chi connectivity index (χ2n) is 8.20. The molecule has 0 unspecified atom stereocenters. The predicted molar refractivity (Wildman–Crippen MR) is 123 cm³/mol. The zero-order chi connectivity index (χ0) is 23.7. The van der Waals surface area contributed by atoms with Gasteiger partial charge in [-0.3, -0.25) is 19.0 Å². The van der Waals surface area contributed by atoms with E-state index in [1.165, 1.54) is 0 Å². The van der Waals surface area contributed by atoms with Gasteiger partial charge in [0.15, 0.2) is 17.0 Å². The summed E-state index contributed by atoms with van der Waals surface area (Å²) in [5, 5.41) is 18.7. The fourth-order valence-electron chi connectivity index (χ4n) is 3.37. The number of aryl methyl sites for hydroxylation is 2. The maximum absolute atomic E-state index is 13.0. The van der Waals surface area contributed by atoms with Gasteiger partial charge in [-0.25, -0.2) is 9.50 Å². The molecule has 2 N–H and O–H groups in total. The standard InChI is InChI=1S/C22H27N9O2/c1-6-30-12-17(20(28-30)22(33)24-10-13(2)3)26-21(32)16-9-19-23-8-7-18(31(19)27-16)15-11-25-29(5)14(15)4/h7-9,11-13H,6,10H2,1-5H3,(H,24,33)(H,26,32). The van der Waals surface area contributed by atoms with Gasteiger partial charge in [0.05, 0.1) is 17.6 Å². The third-order valence-electron chi connectivity index (χ3n) is 5.32. The van der Waals surface area contributed by atoms with Crippen LogP contribution in [-0.2, 0) is 13.6 Å². The van der Waals surface area contributed by atoms with E-state index in [1.54, 1.807) is 38.5 Å². The zero-order valence-corrected chi connectivity index (χ0v) is 19.3. The number of hydrogen-bond donors (Lipinski definition) is 2. The van der Waals surface area contributed by atoms with Gasteiger partial charge >= 0.3 is 0 Å². The van der Waals surface area contributed by atoms with Crippen LogP contribution in [0.3, 0.4) is 0 Å². The van der Waals surface area contributed by atoms with Crippen molar-refractivity contribution in [3.63, 3.8) is 0 Å². The average Bonchev–Trinajstić information content (AvgIpc) is 3.49. The van der Waals surface area contributed by atoms with Crippen molar-refractivity contribution >= 4 is 23.1 Å². The van der Waals surface area contributed by atoms with E-state index in [2.05, 4.69) is 30.9 Å². The molecule has 0 spiro atoms. The maximum Gasteiger partial charge on any atom is 0.276 e. The first kappa shape index (κ1) is 22.2. The van der Waals surface area contributed by atoms with E-state index >= 15 is 0 Å². The van der Waals surface area contributed by atoms with Gasteiger partial charge in [0.1, 0.15) is 0 Å². The van der Waals surface area contributed by atoms with E-state index in [4.69, 9.17) is 0 Å². The van der Waals surface area contributed by atoms with Crippen LogP contribution in [0.5, 0.6) is 0 Å². The highest BCUT2D eigenvalue weighted by atomic mass is 16.2. The van der Waals surface area contributed by atoms with Gasteiger partial charge in [-0.15, -0.1) is 0 Å². The lowest BCUT2D eigenvalue weighted by atomic mass is 10.2. The Kier molecular flexibility index (Phi) is 5.95. The van der Waals surface area contributed by atoms with Gasteiger partial charge in [-0.05, 0) is 25.8 Å². The van der Waals surface area contributed by atoms with Crippen LogP contribution in [0.15, 0.2) is 30.7 Å². The highest BCUT2D eigenvalue weighted by molar-refractivity contribution is 6.07. The molecule has 4 rings (SSSR count). The lowest BCUT2D eigenvalue weighted by molar-refractivity contribution is 0.0944. The molecule has 4 heterocycles. The predicted octanol–water partition coefficient (Wildman–Crippen LogP) is 2.29. The molecule has 0 bridgehead atoms. The van der Waals surface area contributed by atoms with Crippen molar-refractivity contribution in [1.82, 2.24) is 39.5 Å². The Balaban J connectivity index is 1.64. The van der Waals surface area contributed by atoms with Crippen LogP contribution in [0.2, 0.25) is 0 Å². The molecule has 4 aromatic rings. The molecule has 33 heavy (non-hydrogen) atoms. The lowest BCUT2D eigenvalue weighted by Gasteiger charge is -2.07. The summed E-state index contributed by atoms with van der Waals surface area (Å²) in [6.07, 6.45) is 5.07. The molecule has 0 saturated carbocycles. The Morgan fingerprint density at radius 2 is 1.97 bits per heavy atom. The molecule has 11 nitrogen and oxygen atoms in total. The van der Waals surface area contributed by atoms with E-state index < -0.39 is 5.91 Å². The lowest BCUT2D eigenvalue weighted by Crippen LogP contribution is -2.28. The smallest absolute Gasteiger partial charge is 0.276 e. The number of anilines is 1. The van der Waals surface area contributed by atoms with Gasteiger partial charge < -0.3 is 10.6 Å². The zero-order valence-electron chi connectivity index (χ0n) is 19.3. The Bertz CT molecular complexity index is 1330. The quantitative estimate of drug-likeness (QED) is 0.446. The van der Waals surface area contributed by atoms with Gasteiger partial charge in [-0.1, -0.05) is 13.8 Å². The van der Waals surface area contributed by atoms with Crippen LogP contribution >= 0.6 is 0 Å². The van der Waals surface area contributed by atoms with Gasteiger partial charge in [0.25, 0.3) is 11.8 Å². The number of nitrogens with zero attached hydrogens (tertiary/aromatic N) is 7. The topological polar surface area (TPSA) is 124 Å². The van der Waals surface area contributed by atoms with E-state index in [0.29, 0.717) is 30.3 Å². The Hall–Kier alpha value is -4.02. The van der Waals surface area contributed by atoms with Crippen molar-refractivity contribution in [2.45, 2.75) is 34.2 Å². The summed E-state index contributed by atoms with van der Waals surface area (Å²) < 4.78 is 5.00. The molecule has 2 amide bonds. The maximum atomic E-state index is 13.0. The average molecular weight is 450 g/mol. The van der Waals surface area contributed by atoms with Crippen molar-refractivity contribution in [3.8, 4) is 11.3 Å². The molecular formula is C22H27N9O2. The molecule has 4 aromatic heterocycles. The number of carbonyl (C=O) groups excluding carboxylic acids is 2. The molecule has 0 aliphatic heterocycles. The first-order valence-corrected chi connectivity index (χ1v) is 10.8. The highest BCUT2D eigenvalue weighted by Crippen LogP contribution is 2.23. The monoisotopic (exact) mass is 449 g/mol. The summed E-state index contributed by atoms with van der Waals surface area (Å²) in [4.78, 5) is 30.0. The first-order chi connectivity index (χ1) is 15.8. The largest absolute Gasteiger partial charge is 0.350 e. The summed E-state index contributed by atoms with van der Waals surface area (Å²) in [5.41, 5.74) is 3.84. The van der Waals surface area contributed by atoms with Gasteiger partial charge in [0.2, 0.25) is 0 Å². The molecule has 0 aliphatic rings. The van der Waals surface area contributed by atoms with E-state index in [9.17, 15) is 9.59 Å². The van der Waals surface area contributed by atoms with Crippen molar-refractivity contribution in [3.05, 3.63) is 47.8 Å². The summed E-state index contributed by atoms with van der Waals surface area (Å²) >= 11 is 0. The number of carbonyl (C=O) groups is 2. The third-order valence-corrected chi connectivity index (χ3v) is 5.32. The molecular weight excluding hydrogens is 422 g/mol. The van der Waals surface area contributed by atoms with Crippen LogP contribution in [0.4, 0.5) is 5.69 Å². The van der Waals surface area contributed by atoms with Gasteiger partial charge in [0, 0.05) is 49.9 Å². The van der Waals surface area contributed by atoms with Crippen LogP contribution < -0.4 is 10.6 Å². The number of nitrogens with one attached hydrogen (secondary N) is 2. The third kappa shape index (κ3) is 4.34. The van der Waals surface area contributed by atoms with E-state index in [1.807, 2.05) is 40.8 Å². The molecule has 172 valence electrons. The second kappa shape index (κ2) is 8.85. The molecule has 0 fully saturated rings.